The molecule has 24 heavy (non-hydrogen) atoms. The van der Waals surface area contributed by atoms with E-state index in [9.17, 15) is 9.90 Å². The van der Waals surface area contributed by atoms with Gasteiger partial charge in [-0.2, -0.15) is 4.98 Å². The topological polar surface area (TPSA) is 88.3 Å². The number of rotatable bonds is 5. The zero-order chi connectivity index (χ0) is 17.1. The molecule has 2 N–H and O–H groups in total. The molecule has 1 fully saturated rings. The van der Waals surface area contributed by atoms with Gasteiger partial charge in [-0.3, -0.25) is 4.79 Å². The van der Waals surface area contributed by atoms with Crippen molar-refractivity contribution in [1.82, 2.24) is 15.5 Å². The van der Waals surface area contributed by atoms with Crippen LogP contribution in [0.3, 0.4) is 0 Å². The maximum atomic E-state index is 12.1. The Hall–Kier alpha value is -2.21. The molecule has 0 aliphatic heterocycles. The molecule has 3 atom stereocenters. The second kappa shape index (κ2) is 7.13. The summed E-state index contributed by atoms with van der Waals surface area (Å²) in [5.74, 6) is 1.25. The number of hydrogen-bond acceptors (Lipinski definition) is 5. The zero-order valence-electron chi connectivity index (χ0n) is 14.0. The van der Waals surface area contributed by atoms with Crippen LogP contribution < -0.4 is 5.32 Å². The maximum Gasteiger partial charge on any atom is 0.229 e. The van der Waals surface area contributed by atoms with Crippen molar-refractivity contribution in [3.05, 3.63) is 47.1 Å². The van der Waals surface area contributed by atoms with Gasteiger partial charge in [0.05, 0.1) is 12.5 Å². The van der Waals surface area contributed by atoms with E-state index >= 15 is 0 Å². The number of carbonyl (C=O) groups excluding carboxylic acids is 1. The summed E-state index contributed by atoms with van der Waals surface area (Å²) >= 11 is 0. The molecule has 1 aliphatic rings. The van der Waals surface area contributed by atoms with Crippen LogP contribution in [0.1, 0.15) is 41.6 Å². The van der Waals surface area contributed by atoms with E-state index in [0.29, 0.717) is 31.1 Å². The van der Waals surface area contributed by atoms with Crippen molar-refractivity contribution in [3.8, 4) is 0 Å². The minimum atomic E-state index is -0.457. The standard InChI is InChI=1S/C18H23N3O3/c1-11-4-3-5-13(6-11)7-17(23)19-10-15-8-14(9-16(15)22)18-20-12(2)21-24-18/h3-6,14-16,22H,7-10H2,1-2H3,(H,19,23)/t14-,15+,16+/m0/s1. The number of aryl methyl sites for hydroxylation is 2. The Morgan fingerprint density at radius 2 is 2.21 bits per heavy atom. The van der Waals surface area contributed by atoms with Gasteiger partial charge in [-0.15, -0.1) is 0 Å². The number of aliphatic hydroxyl groups is 1. The molecule has 0 radical (unpaired) electrons. The Morgan fingerprint density at radius 1 is 1.38 bits per heavy atom. The van der Waals surface area contributed by atoms with Gasteiger partial charge in [0.25, 0.3) is 0 Å². The van der Waals surface area contributed by atoms with Crippen molar-refractivity contribution in [2.45, 2.75) is 45.1 Å². The number of nitrogens with zero attached hydrogens (tertiary/aromatic N) is 2. The van der Waals surface area contributed by atoms with Crippen LogP contribution in [0.5, 0.6) is 0 Å². The first-order valence-electron chi connectivity index (χ1n) is 8.32. The first kappa shape index (κ1) is 16.6. The third-order valence-electron chi connectivity index (χ3n) is 4.56. The molecule has 0 unspecified atom stereocenters. The monoisotopic (exact) mass is 329 g/mol. The highest BCUT2D eigenvalue weighted by molar-refractivity contribution is 5.78. The highest BCUT2D eigenvalue weighted by atomic mass is 16.5. The molecule has 128 valence electrons. The normalized spacial score (nSPS) is 23.4. The predicted octanol–water partition coefficient (Wildman–Crippen LogP) is 1.90. The van der Waals surface area contributed by atoms with E-state index in [4.69, 9.17) is 4.52 Å². The minimum absolute atomic E-state index is 0.0173. The molecule has 1 amide bonds. The van der Waals surface area contributed by atoms with Crippen LogP contribution in [0.25, 0.3) is 0 Å². The molecular weight excluding hydrogens is 306 g/mol. The fourth-order valence-electron chi connectivity index (χ4n) is 3.32. The van der Waals surface area contributed by atoms with E-state index in [1.54, 1.807) is 6.92 Å². The summed E-state index contributed by atoms with van der Waals surface area (Å²) < 4.78 is 5.20. The molecule has 1 aliphatic carbocycles. The van der Waals surface area contributed by atoms with Gasteiger partial charge >= 0.3 is 0 Å². The van der Waals surface area contributed by atoms with Gasteiger partial charge in [0.2, 0.25) is 11.8 Å². The summed E-state index contributed by atoms with van der Waals surface area (Å²) in [6.45, 7) is 4.26. The van der Waals surface area contributed by atoms with Gasteiger partial charge in [-0.25, -0.2) is 0 Å². The second-order valence-electron chi connectivity index (χ2n) is 6.65. The lowest BCUT2D eigenvalue weighted by Crippen LogP contribution is -2.33. The SMILES string of the molecule is Cc1cccc(CC(=O)NC[C@H]2C[C@H](c3nc(C)no3)C[C@H]2O)c1. The van der Waals surface area contributed by atoms with Crippen molar-refractivity contribution < 1.29 is 14.4 Å². The van der Waals surface area contributed by atoms with Crippen LogP contribution in [0.2, 0.25) is 0 Å². The summed E-state index contributed by atoms with van der Waals surface area (Å²) in [7, 11) is 0. The second-order valence-corrected chi connectivity index (χ2v) is 6.65. The molecule has 2 aromatic rings. The molecule has 6 nitrogen and oxygen atoms in total. The quantitative estimate of drug-likeness (QED) is 0.875. The average molecular weight is 329 g/mol. The van der Waals surface area contributed by atoms with Crippen molar-refractivity contribution >= 4 is 5.91 Å². The number of nitrogens with one attached hydrogen (secondary N) is 1. The maximum absolute atomic E-state index is 12.1. The Kier molecular flexibility index (Phi) is 4.94. The summed E-state index contributed by atoms with van der Waals surface area (Å²) in [4.78, 5) is 16.4. The average Bonchev–Trinajstić information content (AvgIpc) is 3.11. The van der Waals surface area contributed by atoms with Crippen molar-refractivity contribution in [3.63, 3.8) is 0 Å². The van der Waals surface area contributed by atoms with Crippen molar-refractivity contribution in [2.75, 3.05) is 6.54 Å². The fraction of sp³-hybridized carbons (Fsp3) is 0.500. The fourth-order valence-corrected chi connectivity index (χ4v) is 3.32. The Labute approximate surface area is 141 Å². The summed E-state index contributed by atoms with van der Waals surface area (Å²) in [6.07, 6.45) is 1.24. The number of benzene rings is 1. The van der Waals surface area contributed by atoms with E-state index in [2.05, 4.69) is 15.5 Å². The number of carbonyl (C=O) groups is 1. The highest BCUT2D eigenvalue weighted by Gasteiger charge is 2.36. The lowest BCUT2D eigenvalue weighted by molar-refractivity contribution is -0.120. The third-order valence-corrected chi connectivity index (χ3v) is 4.56. The largest absolute Gasteiger partial charge is 0.393 e. The highest BCUT2D eigenvalue weighted by Crippen LogP contribution is 2.37. The Morgan fingerprint density at radius 3 is 2.92 bits per heavy atom. The molecule has 1 heterocycles. The molecule has 3 rings (SSSR count). The van der Waals surface area contributed by atoms with E-state index in [-0.39, 0.29) is 17.7 Å². The smallest absolute Gasteiger partial charge is 0.229 e. The number of aliphatic hydroxyl groups excluding tert-OH is 1. The minimum Gasteiger partial charge on any atom is -0.393 e. The summed E-state index contributed by atoms with van der Waals surface area (Å²) in [5, 5.41) is 17.0. The molecule has 6 heteroatoms. The van der Waals surface area contributed by atoms with Gasteiger partial charge in [-0.1, -0.05) is 35.0 Å². The third kappa shape index (κ3) is 4.00. The zero-order valence-corrected chi connectivity index (χ0v) is 14.0. The van der Waals surface area contributed by atoms with E-state index in [1.165, 1.54) is 0 Å². The molecule has 1 aromatic carbocycles. The van der Waals surface area contributed by atoms with Gasteiger partial charge < -0.3 is 14.9 Å². The molecule has 0 spiro atoms. The van der Waals surface area contributed by atoms with Crippen LogP contribution in [0.4, 0.5) is 0 Å². The molecule has 0 bridgehead atoms. The van der Waals surface area contributed by atoms with E-state index in [0.717, 1.165) is 17.5 Å². The first-order chi connectivity index (χ1) is 11.5. The van der Waals surface area contributed by atoms with Crippen LogP contribution in [0, 0.1) is 19.8 Å². The van der Waals surface area contributed by atoms with Crippen LogP contribution in [-0.4, -0.2) is 33.8 Å². The van der Waals surface area contributed by atoms with Crippen molar-refractivity contribution in [1.29, 1.82) is 0 Å². The summed E-state index contributed by atoms with van der Waals surface area (Å²) in [5.41, 5.74) is 2.14. The number of hydrogen-bond donors (Lipinski definition) is 2. The lowest BCUT2D eigenvalue weighted by atomic mass is 10.0. The van der Waals surface area contributed by atoms with Gasteiger partial charge in [0, 0.05) is 18.4 Å². The lowest BCUT2D eigenvalue weighted by Gasteiger charge is -2.15. The van der Waals surface area contributed by atoms with Crippen LogP contribution in [0.15, 0.2) is 28.8 Å². The van der Waals surface area contributed by atoms with Gasteiger partial charge in [0.1, 0.15) is 0 Å². The predicted molar refractivity (Wildman–Crippen MR) is 88.4 cm³/mol. The molecule has 1 aromatic heterocycles. The van der Waals surface area contributed by atoms with Gasteiger partial charge in [-0.05, 0) is 32.3 Å². The van der Waals surface area contributed by atoms with E-state index < -0.39 is 6.10 Å². The Balaban J connectivity index is 1.50. The Bertz CT molecular complexity index is 713. The molecule has 1 saturated carbocycles. The first-order valence-corrected chi connectivity index (χ1v) is 8.32. The van der Waals surface area contributed by atoms with E-state index in [1.807, 2.05) is 31.2 Å². The molecular formula is C18H23N3O3. The van der Waals surface area contributed by atoms with Crippen LogP contribution >= 0.6 is 0 Å². The molecule has 0 saturated heterocycles. The van der Waals surface area contributed by atoms with Crippen molar-refractivity contribution in [2.24, 2.45) is 5.92 Å². The summed E-state index contributed by atoms with van der Waals surface area (Å²) in [6, 6.07) is 7.92. The van der Waals surface area contributed by atoms with Crippen LogP contribution in [-0.2, 0) is 11.2 Å². The van der Waals surface area contributed by atoms with Gasteiger partial charge in [0.15, 0.2) is 5.82 Å². The number of aromatic nitrogens is 2. The number of amides is 1.